The van der Waals surface area contributed by atoms with Gasteiger partial charge in [0.1, 0.15) is 11.6 Å². The summed E-state index contributed by atoms with van der Waals surface area (Å²) in [6, 6.07) is 6.25. The van der Waals surface area contributed by atoms with Gasteiger partial charge in [0.05, 0.1) is 18.2 Å². The van der Waals surface area contributed by atoms with Crippen LogP contribution in [0.2, 0.25) is 0 Å². The first-order valence-corrected chi connectivity index (χ1v) is 7.32. The lowest BCUT2D eigenvalue weighted by molar-refractivity contribution is 0.413. The fourth-order valence-corrected chi connectivity index (χ4v) is 2.69. The standard InChI is InChI=1S/C12H16N4O3S/c1-16-12(13)9(7-14-16)8-15-20(17,18)11-5-3-4-10(6-11)19-2/h3-7,15H,8,13H2,1-2H3. The molecule has 8 heteroatoms. The SMILES string of the molecule is COc1cccc(S(=O)(=O)NCc2cnn(C)c2N)c1. The first kappa shape index (κ1) is 14.4. The molecule has 7 nitrogen and oxygen atoms in total. The zero-order valence-corrected chi connectivity index (χ0v) is 12.0. The largest absolute Gasteiger partial charge is 0.497 e. The highest BCUT2D eigenvalue weighted by Crippen LogP contribution is 2.17. The minimum absolute atomic E-state index is 0.0826. The van der Waals surface area contributed by atoms with E-state index < -0.39 is 10.0 Å². The highest BCUT2D eigenvalue weighted by Gasteiger charge is 2.16. The van der Waals surface area contributed by atoms with Gasteiger partial charge in [-0.25, -0.2) is 13.1 Å². The number of ether oxygens (including phenoxy) is 1. The normalized spacial score (nSPS) is 11.5. The van der Waals surface area contributed by atoms with Crippen molar-refractivity contribution in [3.8, 4) is 5.75 Å². The van der Waals surface area contributed by atoms with Crippen molar-refractivity contribution in [3.63, 3.8) is 0 Å². The third-order valence-corrected chi connectivity index (χ3v) is 4.27. The summed E-state index contributed by atoms with van der Waals surface area (Å²) in [7, 11) is -0.450. The average molecular weight is 296 g/mol. The van der Waals surface area contributed by atoms with Crippen LogP contribution in [0, 0.1) is 0 Å². The van der Waals surface area contributed by atoms with Gasteiger partial charge in [-0.2, -0.15) is 5.10 Å². The molecule has 0 aliphatic rings. The van der Waals surface area contributed by atoms with E-state index in [-0.39, 0.29) is 11.4 Å². The van der Waals surface area contributed by atoms with Crippen LogP contribution in [-0.4, -0.2) is 25.3 Å². The second-order valence-corrected chi connectivity index (χ2v) is 5.95. The number of benzene rings is 1. The number of hydrogen-bond donors (Lipinski definition) is 2. The predicted octanol–water partition coefficient (Wildman–Crippen LogP) is 0.489. The third-order valence-electron chi connectivity index (χ3n) is 2.87. The van der Waals surface area contributed by atoms with Gasteiger partial charge in [-0.3, -0.25) is 4.68 Å². The number of anilines is 1. The molecular formula is C12H16N4O3S. The maximum absolute atomic E-state index is 12.2. The molecule has 0 fully saturated rings. The van der Waals surface area contributed by atoms with Crippen LogP contribution in [0.3, 0.4) is 0 Å². The van der Waals surface area contributed by atoms with E-state index in [2.05, 4.69) is 9.82 Å². The van der Waals surface area contributed by atoms with E-state index in [0.29, 0.717) is 17.1 Å². The monoisotopic (exact) mass is 296 g/mol. The van der Waals surface area contributed by atoms with E-state index in [4.69, 9.17) is 10.5 Å². The van der Waals surface area contributed by atoms with E-state index in [0.717, 1.165) is 0 Å². The lowest BCUT2D eigenvalue weighted by atomic mass is 10.3. The Bertz CT molecular complexity index is 709. The summed E-state index contributed by atoms with van der Waals surface area (Å²) in [5.74, 6) is 0.909. The Labute approximate surface area is 117 Å². The molecule has 20 heavy (non-hydrogen) atoms. The van der Waals surface area contributed by atoms with E-state index >= 15 is 0 Å². The molecule has 0 amide bonds. The molecule has 1 heterocycles. The molecule has 2 aromatic rings. The number of aromatic nitrogens is 2. The lowest BCUT2D eigenvalue weighted by Crippen LogP contribution is -2.23. The molecule has 0 aliphatic carbocycles. The Balaban J connectivity index is 2.17. The number of nitrogens with two attached hydrogens (primary N) is 1. The number of nitrogen functional groups attached to an aromatic ring is 1. The third kappa shape index (κ3) is 2.91. The van der Waals surface area contributed by atoms with Crippen LogP contribution >= 0.6 is 0 Å². The van der Waals surface area contributed by atoms with Crippen molar-refractivity contribution in [2.24, 2.45) is 7.05 Å². The number of sulfonamides is 1. The first-order valence-electron chi connectivity index (χ1n) is 5.84. The van der Waals surface area contributed by atoms with E-state index in [1.807, 2.05) is 0 Å². The summed E-state index contributed by atoms with van der Waals surface area (Å²) in [6.07, 6.45) is 1.53. The Kier molecular flexibility index (Phi) is 3.96. The van der Waals surface area contributed by atoms with Crippen LogP contribution in [0.5, 0.6) is 5.75 Å². The molecule has 0 saturated heterocycles. The molecule has 0 spiro atoms. The van der Waals surface area contributed by atoms with Crippen LogP contribution in [0.4, 0.5) is 5.82 Å². The Morgan fingerprint density at radius 1 is 1.45 bits per heavy atom. The van der Waals surface area contributed by atoms with Crippen LogP contribution < -0.4 is 15.2 Å². The van der Waals surface area contributed by atoms with Crippen LogP contribution in [0.1, 0.15) is 5.56 Å². The molecule has 0 bridgehead atoms. The van der Waals surface area contributed by atoms with E-state index in [9.17, 15) is 8.42 Å². The lowest BCUT2D eigenvalue weighted by Gasteiger charge is -2.07. The highest BCUT2D eigenvalue weighted by atomic mass is 32.2. The predicted molar refractivity (Wildman–Crippen MR) is 74.6 cm³/mol. The second-order valence-electron chi connectivity index (χ2n) is 4.18. The fourth-order valence-electron chi connectivity index (χ4n) is 1.65. The summed E-state index contributed by atoms with van der Waals surface area (Å²) in [5.41, 5.74) is 6.39. The van der Waals surface area contributed by atoms with Gasteiger partial charge in [-0.05, 0) is 12.1 Å². The molecule has 0 unspecified atom stereocenters. The van der Waals surface area contributed by atoms with Gasteiger partial charge in [0.2, 0.25) is 10.0 Å². The minimum Gasteiger partial charge on any atom is -0.497 e. The van der Waals surface area contributed by atoms with Gasteiger partial charge < -0.3 is 10.5 Å². The van der Waals surface area contributed by atoms with Gasteiger partial charge in [-0.15, -0.1) is 0 Å². The van der Waals surface area contributed by atoms with Crippen molar-refractivity contribution in [2.75, 3.05) is 12.8 Å². The fraction of sp³-hybridized carbons (Fsp3) is 0.250. The van der Waals surface area contributed by atoms with Crippen molar-refractivity contribution in [2.45, 2.75) is 11.4 Å². The zero-order valence-electron chi connectivity index (χ0n) is 11.2. The second kappa shape index (κ2) is 5.51. The maximum Gasteiger partial charge on any atom is 0.241 e. The molecule has 1 aromatic carbocycles. The first-order chi connectivity index (χ1) is 9.44. The minimum atomic E-state index is -3.62. The summed E-state index contributed by atoms with van der Waals surface area (Å²) in [6.45, 7) is 0.0826. The molecule has 2 rings (SSSR count). The van der Waals surface area contributed by atoms with Crippen LogP contribution in [0.15, 0.2) is 35.4 Å². The summed E-state index contributed by atoms with van der Waals surface area (Å²) < 4.78 is 33.3. The van der Waals surface area contributed by atoms with Gasteiger partial charge in [-0.1, -0.05) is 6.07 Å². The molecule has 0 radical (unpaired) electrons. The zero-order chi connectivity index (χ0) is 14.8. The molecule has 0 saturated carbocycles. The summed E-state index contributed by atoms with van der Waals surface area (Å²) in [4.78, 5) is 0.138. The number of nitrogens with zero attached hydrogens (tertiary/aromatic N) is 2. The smallest absolute Gasteiger partial charge is 0.241 e. The molecule has 108 valence electrons. The Morgan fingerprint density at radius 3 is 2.80 bits per heavy atom. The molecule has 1 aromatic heterocycles. The molecule has 0 aliphatic heterocycles. The van der Waals surface area contributed by atoms with Gasteiger partial charge in [0, 0.05) is 25.2 Å². The van der Waals surface area contributed by atoms with Crippen molar-refractivity contribution >= 4 is 15.8 Å². The van der Waals surface area contributed by atoms with Crippen LogP contribution in [-0.2, 0) is 23.6 Å². The molecular weight excluding hydrogens is 280 g/mol. The topological polar surface area (TPSA) is 99.2 Å². The Morgan fingerprint density at radius 2 is 2.20 bits per heavy atom. The van der Waals surface area contributed by atoms with Crippen molar-refractivity contribution in [3.05, 3.63) is 36.0 Å². The van der Waals surface area contributed by atoms with Gasteiger partial charge in [0.15, 0.2) is 0 Å². The number of rotatable bonds is 5. The van der Waals surface area contributed by atoms with Crippen LogP contribution in [0.25, 0.3) is 0 Å². The number of aryl methyl sites for hydroxylation is 1. The quantitative estimate of drug-likeness (QED) is 0.836. The number of hydrogen-bond acceptors (Lipinski definition) is 5. The molecule has 0 atom stereocenters. The van der Waals surface area contributed by atoms with Gasteiger partial charge >= 0.3 is 0 Å². The van der Waals surface area contributed by atoms with Crippen molar-refractivity contribution in [1.29, 1.82) is 0 Å². The average Bonchev–Trinajstić information content (AvgIpc) is 2.77. The highest BCUT2D eigenvalue weighted by molar-refractivity contribution is 7.89. The van der Waals surface area contributed by atoms with Crippen molar-refractivity contribution < 1.29 is 13.2 Å². The van der Waals surface area contributed by atoms with E-state index in [1.54, 1.807) is 19.2 Å². The van der Waals surface area contributed by atoms with Crippen molar-refractivity contribution in [1.82, 2.24) is 14.5 Å². The number of methoxy groups -OCH3 is 1. The van der Waals surface area contributed by atoms with Gasteiger partial charge in [0.25, 0.3) is 0 Å². The maximum atomic E-state index is 12.2. The summed E-state index contributed by atoms with van der Waals surface area (Å²) in [5, 5.41) is 3.95. The summed E-state index contributed by atoms with van der Waals surface area (Å²) >= 11 is 0. The molecule has 3 N–H and O–H groups in total. The Hall–Kier alpha value is -2.06. The van der Waals surface area contributed by atoms with E-state index in [1.165, 1.54) is 30.1 Å². The number of nitrogens with one attached hydrogen (secondary N) is 1.